The van der Waals surface area contributed by atoms with Gasteiger partial charge in [-0.25, -0.2) is 0 Å². The molecule has 0 bridgehead atoms. The number of carbonyl (C=O) groups excluding carboxylic acids is 1. The number of alkyl halides is 2. The summed E-state index contributed by atoms with van der Waals surface area (Å²) < 4.78 is 44.2. The van der Waals surface area contributed by atoms with Crippen LogP contribution in [0.25, 0.3) is 6.08 Å². The molecule has 0 N–H and O–H groups in total. The average Bonchev–Trinajstić information content (AvgIpc) is 2.65. The first-order valence-electron chi connectivity index (χ1n) is 7.55. The molecule has 0 radical (unpaired) electrons. The van der Waals surface area contributed by atoms with Crippen LogP contribution in [0.4, 0.5) is 8.78 Å². The maximum absolute atomic E-state index is 12.4. The molecule has 0 aliphatic carbocycles. The molecular formula is C19H18F2O5. The summed E-state index contributed by atoms with van der Waals surface area (Å²) in [5.74, 6) is 0.907. The van der Waals surface area contributed by atoms with Crippen molar-refractivity contribution in [3.8, 4) is 23.0 Å². The molecular weight excluding hydrogens is 346 g/mol. The SMILES string of the molecule is COc1cc(C(=O)C=Cc2ccc(OC(F)F)cc2)cc(OC)c1OC. The van der Waals surface area contributed by atoms with Gasteiger partial charge in [0, 0.05) is 5.56 Å². The molecule has 2 aromatic rings. The van der Waals surface area contributed by atoms with Gasteiger partial charge in [-0.2, -0.15) is 8.78 Å². The minimum absolute atomic E-state index is 0.0492. The molecule has 0 aliphatic heterocycles. The first kappa shape index (κ1) is 19.2. The highest BCUT2D eigenvalue weighted by molar-refractivity contribution is 6.07. The molecule has 0 saturated heterocycles. The van der Waals surface area contributed by atoms with Gasteiger partial charge in [-0.05, 0) is 35.9 Å². The number of hydrogen-bond donors (Lipinski definition) is 0. The molecule has 0 saturated carbocycles. The van der Waals surface area contributed by atoms with Crippen LogP contribution in [0.5, 0.6) is 23.0 Å². The van der Waals surface area contributed by atoms with Gasteiger partial charge in [0.15, 0.2) is 17.3 Å². The van der Waals surface area contributed by atoms with Crippen molar-refractivity contribution in [1.82, 2.24) is 0 Å². The van der Waals surface area contributed by atoms with Crippen molar-refractivity contribution in [1.29, 1.82) is 0 Å². The van der Waals surface area contributed by atoms with Gasteiger partial charge in [0.1, 0.15) is 5.75 Å². The third-order valence-corrected chi connectivity index (χ3v) is 3.48. The lowest BCUT2D eigenvalue weighted by Gasteiger charge is -2.13. The quantitative estimate of drug-likeness (QED) is 0.519. The Morgan fingerprint density at radius 1 is 0.962 bits per heavy atom. The standard InChI is InChI=1S/C19H18F2O5/c1-23-16-10-13(11-17(24-2)18(16)25-3)15(22)9-6-12-4-7-14(8-5-12)26-19(20)21/h4-11,19H,1-3H3. The highest BCUT2D eigenvalue weighted by Gasteiger charge is 2.15. The summed E-state index contributed by atoms with van der Waals surface area (Å²) in [4.78, 5) is 12.4. The maximum atomic E-state index is 12.4. The fourth-order valence-electron chi connectivity index (χ4n) is 2.25. The molecule has 0 atom stereocenters. The Morgan fingerprint density at radius 2 is 1.54 bits per heavy atom. The van der Waals surface area contributed by atoms with E-state index in [9.17, 15) is 13.6 Å². The van der Waals surface area contributed by atoms with E-state index in [2.05, 4.69) is 4.74 Å². The minimum Gasteiger partial charge on any atom is -0.493 e. The molecule has 0 aromatic heterocycles. The monoisotopic (exact) mass is 364 g/mol. The topological polar surface area (TPSA) is 54.0 Å². The normalized spacial score (nSPS) is 10.8. The fraction of sp³-hybridized carbons (Fsp3) is 0.211. The van der Waals surface area contributed by atoms with Crippen LogP contribution < -0.4 is 18.9 Å². The van der Waals surface area contributed by atoms with Crippen LogP contribution in [0.15, 0.2) is 42.5 Å². The molecule has 5 nitrogen and oxygen atoms in total. The molecule has 0 spiro atoms. The van der Waals surface area contributed by atoms with Gasteiger partial charge >= 0.3 is 6.61 Å². The Morgan fingerprint density at radius 3 is 2.00 bits per heavy atom. The Hall–Kier alpha value is -3.09. The van der Waals surface area contributed by atoms with Crippen LogP contribution in [0, 0.1) is 0 Å². The number of rotatable bonds is 8. The number of methoxy groups -OCH3 is 3. The van der Waals surface area contributed by atoms with Crippen LogP contribution in [0.2, 0.25) is 0 Å². The predicted octanol–water partition coefficient (Wildman–Crippen LogP) is 4.21. The lowest BCUT2D eigenvalue weighted by atomic mass is 10.1. The van der Waals surface area contributed by atoms with Gasteiger partial charge in [-0.3, -0.25) is 4.79 Å². The highest BCUT2D eigenvalue weighted by atomic mass is 19.3. The van der Waals surface area contributed by atoms with Crippen LogP contribution in [-0.4, -0.2) is 33.7 Å². The lowest BCUT2D eigenvalue weighted by molar-refractivity contribution is -0.0498. The van der Waals surface area contributed by atoms with Gasteiger partial charge in [-0.1, -0.05) is 18.2 Å². The molecule has 0 unspecified atom stereocenters. The van der Waals surface area contributed by atoms with Gasteiger partial charge in [0.05, 0.1) is 21.3 Å². The molecule has 7 heteroatoms. The smallest absolute Gasteiger partial charge is 0.387 e. The summed E-state index contributed by atoms with van der Waals surface area (Å²) in [6, 6.07) is 9.03. The molecule has 0 fully saturated rings. The zero-order valence-electron chi connectivity index (χ0n) is 14.5. The Kier molecular flexibility index (Phi) is 6.54. The predicted molar refractivity (Wildman–Crippen MR) is 92.5 cm³/mol. The number of carbonyl (C=O) groups is 1. The van der Waals surface area contributed by atoms with E-state index in [1.165, 1.54) is 39.5 Å². The molecule has 0 heterocycles. The van der Waals surface area contributed by atoms with E-state index < -0.39 is 6.61 Å². The maximum Gasteiger partial charge on any atom is 0.387 e. The second-order valence-electron chi connectivity index (χ2n) is 5.06. The second kappa shape index (κ2) is 8.84. The Bertz CT molecular complexity index is 760. The molecule has 2 aromatic carbocycles. The zero-order chi connectivity index (χ0) is 19.1. The number of benzene rings is 2. The van der Waals surface area contributed by atoms with E-state index in [4.69, 9.17) is 14.2 Å². The Labute approximate surface area is 149 Å². The van der Waals surface area contributed by atoms with Crippen LogP contribution >= 0.6 is 0 Å². The number of hydrogen-bond acceptors (Lipinski definition) is 5. The third-order valence-electron chi connectivity index (χ3n) is 3.48. The van der Waals surface area contributed by atoms with Crippen molar-refractivity contribution in [2.24, 2.45) is 0 Å². The number of halogens is 2. The van der Waals surface area contributed by atoms with Crippen molar-refractivity contribution in [3.63, 3.8) is 0 Å². The van der Waals surface area contributed by atoms with Gasteiger partial charge in [-0.15, -0.1) is 0 Å². The van der Waals surface area contributed by atoms with E-state index in [1.807, 2.05) is 0 Å². The fourth-order valence-corrected chi connectivity index (χ4v) is 2.25. The van der Waals surface area contributed by atoms with E-state index in [0.29, 0.717) is 28.4 Å². The van der Waals surface area contributed by atoms with E-state index in [1.54, 1.807) is 30.3 Å². The van der Waals surface area contributed by atoms with Crippen molar-refractivity contribution in [2.45, 2.75) is 6.61 Å². The zero-order valence-corrected chi connectivity index (χ0v) is 14.5. The van der Waals surface area contributed by atoms with Gasteiger partial charge in [0.25, 0.3) is 0 Å². The third kappa shape index (κ3) is 4.72. The second-order valence-corrected chi connectivity index (χ2v) is 5.06. The number of ether oxygens (including phenoxy) is 4. The Balaban J connectivity index is 2.20. The molecule has 2 rings (SSSR count). The summed E-state index contributed by atoms with van der Waals surface area (Å²) >= 11 is 0. The van der Waals surface area contributed by atoms with Gasteiger partial charge in [0.2, 0.25) is 5.75 Å². The minimum atomic E-state index is -2.88. The number of allylic oxidation sites excluding steroid dienone is 1. The van der Waals surface area contributed by atoms with Crippen LogP contribution in [-0.2, 0) is 0 Å². The van der Waals surface area contributed by atoms with Crippen LogP contribution in [0.1, 0.15) is 15.9 Å². The number of ketones is 1. The van der Waals surface area contributed by atoms with Crippen molar-refractivity contribution in [2.75, 3.05) is 21.3 Å². The van der Waals surface area contributed by atoms with E-state index >= 15 is 0 Å². The summed E-state index contributed by atoms with van der Waals surface area (Å²) in [6.45, 7) is -2.88. The molecule has 0 amide bonds. The highest BCUT2D eigenvalue weighted by Crippen LogP contribution is 2.38. The van der Waals surface area contributed by atoms with E-state index in [-0.39, 0.29) is 11.5 Å². The van der Waals surface area contributed by atoms with Gasteiger partial charge < -0.3 is 18.9 Å². The summed E-state index contributed by atoms with van der Waals surface area (Å²) in [6.07, 6.45) is 2.93. The van der Waals surface area contributed by atoms with E-state index in [0.717, 1.165) is 0 Å². The molecule has 138 valence electrons. The summed E-state index contributed by atoms with van der Waals surface area (Å²) in [5, 5.41) is 0. The lowest BCUT2D eigenvalue weighted by Crippen LogP contribution is -2.01. The summed E-state index contributed by atoms with van der Waals surface area (Å²) in [7, 11) is 4.40. The average molecular weight is 364 g/mol. The largest absolute Gasteiger partial charge is 0.493 e. The summed E-state index contributed by atoms with van der Waals surface area (Å²) in [5.41, 5.74) is 1.01. The molecule has 26 heavy (non-hydrogen) atoms. The molecule has 0 aliphatic rings. The van der Waals surface area contributed by atoms with Crippen LogP contribution in [0.3, 0.4) is 0 Å². The first-order chi connectivity index (χ1) is 12.5. The van der Waals surface area contributed by atoms with Crippen molar-refractivity contribution in [3.05, 3.63) is 53.6 Å². The first-order valence-corrected chi connectivity index (χ1v) is 7.55. The van der Waals surface area contributed by atoms with Crippen molar-refractivity contribution < 1.29 is 32.5 Å². The van der Waals surface area contributed by atoms with Crippen molar-refractivity contribution >= 4 is 11.9 Å².